The van der Waals surface area contributed by atoms with Gasteiger partial charge in [-0.25, -0.2) is 8.42 Å². The van der Waals surface area contributed by atoms with E-state index < -0.39 is 9.05 Å². The maximum absolute atomic E-state index is 11.3. The van der Waals surface area contributed by atoms with Crippen molar-refractivity contribution in [3.05, 3.63) is 24.3 Å². The second kappa shape index (κ2) is 5.44. The highest BCUT2D eigenvalue weighted by Crippen LogP contribution is 2.36. The lowest BCUT2D eigenvalue weighted by Crippen LogP contribution is -2.03. The van der Waals surface area contributed by atoms with Crippen LogP contribution in [0.3, 0.4) is 0 Å². The highest BCUT2D eigenvalue weighted by molar-refractivity contribution is 8.15. The van der Waals surface area contributed by atoms with Crippen molar-refractivity contribution in [3.8, 4) is 5.75 Å². The summed E-state index contributed by atoms with van der Waals surface area (Å²) in [6, 6.07) is 6.97. The van der Waals surface area contributed by atoms with Gasteiger partial charge in [-0.2, -0.15) is 0 Å². The molecule has 0 unspecified atom stereocenters. The lowest BCUT2D eigenvalue weighted by Gasteiger charge is -2.05. The molecule has 0 aliphatic heterocycles. The first-order valence-electron chi connectivity index (χ1n) is 5.11. The number of hydrogen-bond acceptors (Lipinski definition) is 5. The molecule has 2 aromatic rings. The summed E-state index contributed by atoms with van der Waals surface area (Å²) in [5.41, 5.74) is 0. The fourth-order valence-corrected chi connectivity index (χ4v) is 3.67. The van der Waals surface area contributed by atoms with E-state index in [-0.39, 0.29) is 4.21 Å². The number of rotatable bonds is 5. The average Bonchev–Trinajstić information content (AvgIpc) is 2.73. The zero-order valence-electron chi connectivity index (χ0n) is 9.55. The fourth-order valence-electron chi connectivity index (χ4n) is 1.48. The minimum Gasteiger partial charge on any atom is -0.490 e. The molecule has 0 fully saturated rings. The minimum absolute atomic E-state index is 0.127. The Labute approximate surface area is 114 Å². The number of hydrogen-bond donors (Lipinski definition) is 0. The van der Waals surface area contributed by atoms with Crippen LogP contribution < -0.4 is 4.74 Å². The monoisotopic (exact) mass is 306 g/mol. The van der Waals surface area contributed by atoms with Gasteiger partial charge in [0.15, 0.2) is 0 Å². The maximum Gasteiger partial charge on any atom is 0.270 e. The van der Waals surface area contributed by atoms with E-state index in [1.807, 2.05) is 12.1 Å². The molecular formula is C11H11ClO4S2. The van der Waals surface area contributed by atoms with Gasteiger partial charge in [0.2, 0.25) is 0 Å². The predicted molar refractivity (Wildman–Crippen MR) is 72.2 cm³/mol. The third-order valence-corrected chi connectivity index (χ3v) is 5.51. The number of methoxy groups -OCH3 is 1. The van der Waals surface area contributed by atoms with Crippen molar-refractivity contribution >= 4 is 41.2 Å². The molecule has 0 atom stereocenters. The van der Waals surface area contributed by atoms with E-state index >= 15 is 0 Å². The molecule has 0 saturated heterocycles. The van der Waals surface area contributed by atoms with Gasteiger partial charge in [0.25, 0.3) is 9.05 Å². The Balaban J connectivity index is 2.40. The van der Waals surface area contributed by atoms with Crippen molar-refractivity contribution in [2.75, 3.05) is 20.3 Å². The molecule has 7 heteroatoms. The zero-order valence-corrected chi connectivity index (χ0v) is 11.9. The molecule has 98 valence electrons. The van der Waals surface area contributed by atoms with Crippen molar-refractivity contribution in [2.24, 2.45) is 0 Å². The lowest BCUT2D eigenvalue weighted by atomic mass is 10.2. The summed E-state index contributed by atoms with van der Waals surface area (Å²) in [6.07, 6.45) is 0. The van der Waals surface area contributed by atoms with Crippen LogP contribution in [0.5, 0.6) is 5.75 Å². The van der Waals surface area contributed by atoms with Crippen LogP contribution in [-0.4, -0.2) is 28.7 Å². The van der Waals surface area contributed by atoms with Crippen molar-refractivity contribution < 1.29 is 17.9 Å². The third kappa shape index (κ3) is 2.95. The molecule has 0 spiro atoms. The molecular weight excluding hydrogens is 296 g/mol. The van der Waals surface area contributed by atoms with Crippen LogP contribution >= 0.6 is 22.0 Å². The highest BCUT2D eigenvalue weighted by atomic mass is 35.7. The van der Waals surface area contributed by atoms with Gasteiger partial charge in [0, 0.05) is 17.8 Å². The largest absolute Gasteiger partial charge is 0.490 e. The molecule has 4 nitrogen and oxygen atoms in total. The van der Waals surface area contributed by atoms with Crippen LogP contribution in [0.4, 0.5) is 0 Å². The molecule has 0 saturated carbocycles. The molecule has 0 radical (unpaired) electrons. The first-order chi connectivity index (χ1) is 8.52. The van der Waals surface area contributed by atoms with E-state index in [1.54, 1.807) is 19.2 Å². The van der Waals surface area contributed by atoms with Crippen molar-refractivity contribution in [1.29, 1.82) is 0 Å². The Morgan fingerprint density at radius 1 is 1.33 bits per heavy atom. The average molecular weight is 307 g/mol. The SMILES string of the molecule is COCCOc1cccc2cc(S(=O)(=O)Cl)sc12. The van der Waals surface area contributed by atoms with Crippen LogP contribution in [0.2, 0.25) is 0 Å². The van der Waals surface area contributed by atoms with Crippen LogP contribution in [0, 0.1) is 0 Å². The molecule has 2 rings (SSSR count). The molecule has 1 aromatic heterocycles. The Hall–Kier alpha value is -0.820. The van der Waals surface area contributed by atoms with E-state index in [0.717, 1.165) is 21.4 Å². The summed E-state index contributed by atoms with van der Waals surface area (Å²) in [5.74, 6) is 0.640. The molecule has 0 aliphatic rings. The van der Waals surface area contributed by atoms with Crippen molar-refractivity contribution in [2.45, 2.75) is 4.21 Å². The van der Waals surface area contributed by atoms with Gasteiger partial charge in [-0.1, -0.05) is 12.1 Å². The van der Waals surface area contributed by atoms with Crippen molar-refractivity contribution in [3.63, 3.8) is 0 Å². The summed E-state index contributed by atoms with van der Waals surface area (Å²) < 4.78 is 33.9. The Morgan fingerprint density at radius 2 is 2.11 bits per heavy atom. The normalized spacial score (nSPS) is 11.9. The van der Waals surface area contributed by atoms with E-state index in [0.29, 0.717) is 19.0 Å². The summed E-state index contributed by atoms with van der Waals surface area (Å²) in [7, 11) is 3.23. The maximum atomic E-state index is 11.3. The van der Waals surface area contributed by atoms with Gasteiger partial charge < -0.3 is 9.47 Å². The quantitative estimate of drug-likeness (QED) is 0.629. The summed E-state index contributed by atoms with van der Waals surface area (Å²) in [5, 5.41) is 0.800. The van der Waals surface area contributed by atoms with Crippen molar-refractivity contribution in [1.82, 2.24) is 0 Å². The minimum atomic E-state index is -3.70. The smallest absolute Gasteiger partial charge is 0.270 e. The van der Waals surface area contributed by atoms with Gasteiger partial charge in [-0.15, -0.1) is 11.3 Å². The second-order valence-corrected chi connectivity index (χ2v) is 7.36. The molecule has 1 heterocycles. The highest BCUT2D eigenvalue weighted by Gasteiger charge is 2.16. The predicted octanol–water partition coefficient (Wildman–Crippen LogP) is 2.85. The van der Waals surface area contributed by atoms with Crippen LogP contribution in [0.25, 0.3) is 10.1 Å². The topological polar surface area (TPSA) is 52.6 Å². The van der Waals surface area contributed by atoms with Crippen LogP contribution in [-0.2, 0) is 13.8 Å². The van der Waals surface area contributed by atoms with Gasteiger partial charge in [-0.05, 0) is 17.5 Å². The van der Waals surface area contributed by atoms with E-state index in [9.17, 15) is 8.42 Å². The fraction of sp³-hybridized carbons (Fsp3) is 0.273. The van der Waals surface area contributed by atoms with Gasteiger partial charge in [0.05, 0.1) is 11.3 Å². The molecule has 0 aliphatic carbocycles. The number of halogens is 1. The Kier molecular flexibility index (Phi) is 4.11. The van der Waals surface area contributed by atoms with Crippen LogP contribution in [0.15, 0.2) is 28.5 Å². The molecule has 0 N–H and O–H groups in total. The summed E-state index contributed by atoms with van der Waals surface area (Å²) >= 11 is 1.10. The summed E-state index contributed by atoms with van der Waals surface area (Å²) in [6.45, 7) is 0.888. The lowest BCUT2D eigenvalue weighted by molar-refractivity contribution is 0.147. The molecule has 0 bridgehead atoms. The third-order valence-electron chi connectivity index (χ3n) is 2.27. The standard InChI is InChI=1S/C11H11ClO4S2/c1-15-5-6-16-9-4-2-3-8-7-10(17-11(8)9)18(12,13)14/h2-4,7H,5-6H2,1H3. The number of thiophene rings is 1. The second-order valence-electron chi connectivity index (χ2n) is 3.52. The molecule has 0 amide bonds. The number of benzene rings is 1. The van der Waals surface area contributed by atoms with E-state index in [4.69, 9.17) is 20.2 Å². The van der Waals surface area contributed by atoms with Gasteiger partial charge in [-0.3, -0.25) is 0 Å². The number of ether oxygens (including phenoxy) is 2. The zero-order chi connectivity index (χ0) is 13.2. The Bertz CT molecular complexity index is 648. The number of fused-ring (bicyclic) bond motifs is 1. The first-order valence-corrected chi connectivity index (χ1v) is 8.24. The molecule has 18 heavy (non-hydrogen) atoms. The summed E-state index contributed by atoms with van der Waals surface area (Å²) in [4.78, 5) is 0. The van der Waals surface area contributed by atoms with Gasteiger partial charge >= 0.3 is 0 Å². The Morgan fingerprint density at radius 3 is 2.78 bits per heavy atom. The first kappa shape index (κ1) is 13.6. The van der Waals surface area contributed by atoms with Gasteiger partial charge in [0.1, 0.15) is 16.6 Å². The van der Waals surface area contributed by atoms with E-state index in [1.165, 1.54) is 0 Å². The van der Waals surface area contributed by atoms with Crippen LogP contribution in [0.1, 0.15) is 0 Å². The molecule has 1 aromatic carbocycles. The van der Waals surface area contributed by atoms with E-state index in [2.05, 4.69) is 0 Å².